The van der Waals surface area contributed by atoms with Crippen LogP contribution in [0.3, 0.4) is 0 Å². The lowest BCUT2D eigenvalue weighted by molar-refractivity contribution is 0.475. The molecule has 0 atom stereocenters. The van der Waals surface area contributed by atoms with Gasteiger partial charge in [0.05, 0.1) is 0 Å². The van der Waals surface area contributed by atoms with Gasteiger partial charge in [-0.2, -0.15) is 0 Å². The molecule has 17 heavy (non-hydrogen) atoms. The maximum atomic E-state index is 9.13. The smallest absolute Gasteiger partial charge is 0.115 e. The third-order valence-electron chi connectivity index (χ3n) is 2.76. The van der Waals surface area contributed by atoms with Gasteiger partial charge in [0.2, 0.25) is 0 Å². The number of hydrogen-bond acceptors (Lipinski definition) is 2. The molecule has 1 nitrogen and oxygen atoms in total. The van der Waals surface area contributed by atoms with E-state index >= 15 is 0 Å². The molecular formula is C14H23ClOS. The first-order valence-electron chi connectivity index (χ1n) is 6.27. The maximum absolute atomic E-state index is 9.13. The zero-order chi connectivity index (χ0) is 12.9. The summed E-state index contributed by atoms with van der Waals surface area (Å²) in [5.41, 5.74) is 1.34. The summed E-state index contributed by atoms with van der Waals surface area (Å²) >= 11 is 3.00. The summed E-state index contributed by atoms with van der Waals surface area (Å²) in [5, 5.41) is 9.13. The van der Waals surface area contributed by atoms with Crippen LogP contribution in [-0.2, 0) is 6.42 Å². The molecule has 0 aliphatic carbocycles. The van der Waals surface area contributed by atoms with Crippen molar-refractivity contribution >= 4 is 22.5 Å². The molecule has 0 amide bonds. The number of halogens is 1. The quantitative estimate of drug-likeness (QED) is 0.506. The molecule has 0 aliphatic heterocycles. The minimum atomic E-state index is 0.363. The summed E-state index contributed by atoms with van der Waals surface area (Å²) in [7, 11) is 4.33. The van der Waals surface area contributed by atoms with Gasteiger partial charge in [-0.1, -0.05) is 63.0 Å². The van der Waals surface area contributed by atoms with Crippen LogP contribution < -0.4 is 0 Å². The monoisotopic (exact) mass is 274 g/mol. The Balaban J connectivity index is 0.00000121. The Morgan fingerprint density at radius 1 is 0.941 bits per heavy atom. The Hall–Kier alpha value is -0.340. The highest BCUT2D eigenvalue weighted by Crippen LogP contribution is 2.13. The van der Waals surface area contributed by atoms with Crippen molar-refractivity contribution < 1.29 is 5.11 Å². The SMILES string of the molecule is CCCCCCCCc1ccc(O)cc1.SCl. The minimum absolute atomic E-state index is 0.363. The first-order valence-corrected chi connectivity index (χ1v) is 7.63. The second-order valence-electron chi connectivity index (χ2n) is 4.18. The van der Waals surface area contributed by atoms with Crippen LogP contribution in [0.5, 0.6) is 5.75 Å². The number of rotatable bonds is 7. The third kappa shape index (κ3) is 9.37. The normalized spacial score (nSPS) is 9.59. The zero-order valence-corrected chi connectivity index (χ0v) is 12.2. The van der Waals surface area contributed by atoms with Gasteiger partial charge in [0.1, 0.15) is 5.75 Å². The highest BCUT2D eigenvalue weighted by molar-refractivity contribution is 8.05. The second kappa shape index (κ2) is 12.1. The fourth-order valence-corrected chi connectivity index (χ4v) is 1.77. The molecular weight excluding hydrogens is 252 g/mol. The molecule has 0 saturated heterocycles. The molecule has 0 heterocycles. The average molecular weight is 275 g/mol. The molecule has 1 aromatic rings. The highest BCUT2D eigenvalue weighted by atomic mass is 35.7. The Kier molecular flexibility index (Phi) is 11.9. The van der Waals surface area contributed by atoms with Crippen molar-refractivity contribution in [1.29, 1.82) is 0 Å². The molecule has 1 N–H and O–H groups in total. The van der Waals surface area contributed by atoms with Gasteiger partial charge in [0, 0.05) is 0 Å². The van der Waals surface area contributed by atoms with E-state index in [-0.39, 0.29) is 0 Å². The van der Waals surface area contributed by atoms with E-state index in [9.17, 15) is 0 Å². The van der Waals surface area contributed by atoms with E-state index in [1.807, 2.05) is 12.1 Å². The molecule has 0 spiro atoms. The molecule has 1 rings (SSSR count). The Labute approximate surface area is 115 Å². The Morgan fingerprint density at radius 3 is 2.06 bits per heavy atom. The number of hydrogen-bond donors (Lipinski definition) is 2. The fourth-order valence-electron chi connectivity index (χ4n) is 1.77. The summed E-state index contributed by atoms with van der Waals surface area (Å²) in [6.07, 6.45) is 9.19. The van der Waals surface area contributed by atoms with E-state index in [1.54, 1.807) is 12.1 Å². The van der Waals surface area contributed by atoms with Crippen LogP contribution in [0, 0.1) is 0 Å². The number of phenolic OH excluding ortho intramolecular Hbond substituents is 1. The van der Waals surface area contributed by atoms with E-state index in [2.05, 4.69) is 29.4 Å². The molecule has 0 bridgehead atoms. The standard InChI is InChI=1S/C14H22O.ClHS/c1-2-3-4-5-6-7-8-13-9-11-14(15)12-10-13;1-2/h9-12,15H,2-8H2,1H3;2H. The van der Waals surface area contributed by atoms with Crippen molar-refractivity contribution in [2.45, 2.75) is 51.9 Å². The highest BCUT2D eigenvalue weighted by Gasteiger charge is 1.94. The van der Waals surface area contributed by atoms with Gasteiger partial charge in [-0.15, -0.1) is 0 Å². The van der Waals surface area contributed by atoms with Gasteiger partial charge in [-0.25, -0.2) is 0 Å². The van der Waals surface area contributed by atoms with Gasteiger partial charge >= 0.3 is 0 Å². The molecule has 0 aliphatic rings. The van der Waals surface area contributed by atoms with Crippen molar-refractivity contribution in [3.05, 3.63) is 29.8 Å². The topological polar surface area (TPSA) is 20.2 Å². The lowest BCUT2D eigenvalue weighted by atomic mass is 10.1. The Bertz CT molecular complexity index is 261. The fraction of sp³-hybridized carbons (Fsp3) is 0.571. The van der Waals surface area contributed by atoms with Crippen molar-refractivity contribution in [2.75, 3.05) is 0 Å². The minimum Gasteiger partial charge on any atom is -0.508 e. The molecule has 0 radical (unpaired) electrons. The number of unbranched alkanes of at least 4 members (excludes halogenated alkanes) is 5. The van der Waals surface area contributed by atoms with Gasteiger partial charge < -0.3 is 5.11 Å². The number of benzene rings is 1. The van der Waals surface area contributed by atoms with Gasteiger partial charge in [0.15, 0.2) is 0 Å². The van der Waals surface area contributed by atoms with Crippen molar-refractivity contribution in [3.63, 3.8) is 0 Å². The van der Waals surface area contributed by atoms with E-state index in [0.717, 1.165) is 6.42 Å². The van der Waals surface area contributed by atoms with E-state index in [0.29, 0.717) is 5.75 Å². The molecule has 0 aromatic heterocycles. The van der Waals surface area contributed by atoms with Gasteiger partial charge in [-0.3, -0.25) is 0 Å². The third-order valence-corrected chi connectivity index (χ3v) is 2.76. The van der Waals surface area contributed by atoms with Crippen molar-refractivity contribution in [1.82, 2.24) is 0 Å². The maximum Gasteiger partial charge on any atom is 0.115 e. The number of phenols is 1. The average Bonchev–Trinajstić information content (AvgIpc) is 2.38. The van der Waals surface area contributed by atoms with Crippen LogP contribution in [0.25, 0.3) is 0 Å². The van der Waals surface area contributed by atoms with Crippen molar-refractivity contribution in [2.24, 2.45) is 0 Å². The molecule has 3 heteroatoms. The Morgan fingerprint density at radius 2 is 1.47 bits per heavy atom. The summed E-state index contributed by atoms with van der Waals surface area (Å²) in [5.74, 6) is 0.363. The number of aromatic hydroxyl groups is 1. The first-order chi connectivity index (χ1) is 8.33. The van der Waals surface area contributed by atoms with E-state index in [1.165, 1.54) is 44.1 Å². The zero-order valence-electron chi connectivity index (χ0n) is 10.5. The predicted octanol–water partition coefficient (Wildman–Crippen LogP) is 5.37. The second-order valence-corrected chi connectivity index (χ2v) is 4.18. The van der Waals surface area contributed by atoms with Crippen molar-refractivity contribution in [3.8, 4) is 5.75 Å². The summed E-state index contributed by atoms with van der Waals surface area (Å²) in [6.45, 7) is 2.25. The molecule has 0 fully saturated rings. The van der Waals surface area contributed by atoms with E-state index < -0.39 is 0 Å². The number of aryl methyl sites for hydroxylation is 1. The number of thiol groups is 1. The van der Waals surface area contributed by atoms with Gasteiger partial charge in [-0.05, 0) is 41.2 Å². The van der Waals surface area contributed by atoms with Gasteiger partial charge in [0.25, 0.3) is 0 Å². The van der Waals surface area contributed by atoms with Crippen LogP contribution in [0.2, 0.25) is 0 Å². The first kappa shape index (κ1) is 16.7. The predicted molar refractivity (Wildman–Crippen MR) is 80.0 cm³/mol. The lowest BCUT2D eigenvalue weighted by Gasteiger charge is -2.02. The van der Waals surface area contributed by atoms with Crippen LogP contribution in [0.15, 0.2) is 24.3 Å². The summed E-state index contributed by atoms with van der Waals surface area (Å²) in [4.78, 5) is 0. The van der Waals surface area contributed by atoms with Crippen LogP contribution >= 0.6 is 22.5 Å². The molecule has 0 saturated carbocycles. The van der Waals surface area contributed by atoms with E-state index in [4.69, 9.17) is 5.11 Å². The molecule has 98 valence electrons. The summed E-state index contributed by atoms with van der Waals surface area (Å²) < 4.78 is 0. The lowest BCUT2D eigenvalue weighted by Crippen LogP contribution is -1.85. The molecule has 1 aromatic carbocycles. The summed E-state index contributed by atoms with van der Waals surface area (Å²) in [6, 6.07) is 7.57. The molecule has 0 unspecified atom stereocenters. The van der Waals surface area contributed by atoms with Crippen LogP contribution in [-0.4, -0.2) is 5.11 Å². The largest absolute Gasteiger partial charge is 0.508 e. The van der Waals surface area contributed by atoms with Crippen LogP contribution in [0.1, 0.15) is 51.0 Å². The van der Waals surface area contributed by atoms with Crippen LogP contribution in [0.4, 0.5) is 0 Å².